The lowest BCUT2D eigenvalue weighted by Crippen LogP contribution is -2.51. The molecule has 0 atom stereocenters. The standard InChI is InChI=1S/C16H21NO2Si2/c1-21(2,3)17(14-18-15-10-6-4-7-11-15)20-19-16-12-8-5-9-13-16/h4-13H,14H2,1-3H3. The van der Waals surface area contributed by atoms with Gasteiger partial charge in [-0.15, -0.1) is 0 Å². The highest BCUT2D eigenvalue weighted by Crippen LogP contribution is 2.14. The summed E-state index contributed by atoms with van der Waals surface area (Å²) < 4.78 is 14.1. The van der Waals surface area contributed by atoms with E-state index in [2.05, 4.69) is 23.9 Å². The Labute approximate surface area is 130 Å². The molecule has 0 N–H and O–H groups in total. The molecular weight excluding hydrogens is 294 g/mol. The molecule has 0 bridgehead atoms. The number of para-hydroxylation sites is 2. The van der Waals surface area contributed by atoms with E-state index in [1.807, 2.05) is 60.7 Å². The fraction of sp³-hybridized carbons (Fsp3) is 0.250. The van der Waals surface area contributed by atoms with E-state index in [1.54, 1.807) is 0 Å². The molecule has 2 aromatic carbocycles. The third kappa shape index (κ3) is 5.37. The van der Waals surface area contributed by atoms with E-state index in [-0.39, 0.29) is 9.92 Å². The number of hydrogen-bond acceptors (Lipinski definition) is 3. The Kier molecular flexibility index (Phi) is 5.61. The van der Waals surface area contributed by atoms with Crippen LogP contribution in [0.25, 0.3) is 0 Å². The van der Waals surface area contributed by atoms with Gasteiger partial charge in [-0.1, -0.05) is 56.0 Å². The summed E-state index contributed by atoms with van der Waals surface area (Å²) in [5.41, 5.74) is 0. The van der Waals surface area contributed by atoms with Crippen LogP contribution in [0.15, 0.2) is 60.7 Å². The molecule has 2 rings (SSSR count). The minimum atomic E-state index is -1.50. The summed E-state index contributed by atoms with van der Waals surface area (Å²) in [6, 6.07) is 19.8. The molecule has 2 aromatic rings. The highest BCUT2D eigenvalue weighted by atomic mass is 28.4. The highest BCUT2D eigenvalue weighted by Gasteiger charge is 2.26. The predicted octanol–water partition coefficient (Wildman–Crippen LogP) is 3.77. The Morgan fingerprint density at radius 2 is 1.38 bits per heavy atom. The molecule has 5 heteroatoms. The normalized spacial score (nSPS) is 11.4. The van der Waals surface area contributed by atoms with Gasteiger partial charge in [0.1, 0.15) is 26.5 Å². The van der Waals surface area contributed by atoms with Crippen molar-refractivity contribution in [1.29, 1.82) is 0 Å². The molecule has 3 nitrogen and oxygen atoms in total. The van der Waals surface area contributed by atoms with Crippen molar-refractivity contribution < 1.29 is 9.16 Å². The van der Waals surface area contributed by atoms with Crippen LogP contribution in [0, 0.1) is 0 Å². The fourth-order valence-corrected chi connectivity index (χ4v) is 3.76. The first kappa shape index (κ1) is 15.8. The lowest BCUT2D eigenvalue weighted by Gasteiger charge is -2.31. The van der Waals surface area contributed by atoms with Crippen LogP contribution >= 0.6 is 0 Å². The third-order valence-electron chi connectivity index (χ3n) is 2.93. The summed E-state index contributed by atoms with van der Waals surface area (Å²) in [5.74, 6) is 1.80. The second-order valence-corrected chi connectivity index (χ2v) is 11.9. The van der Waals surface area contributed by atoms with Crippen molar-refractivity contribution >= 4 is 18.2 Å². The van der Waals surface area contributed by atoms with E-state index in [0.29, 0.717) is 6.73 Å². The van der Waals surface area contributed by atoms with Gasteiger partial charge in [0.25, 0.3) is 0 Å². The molecule has 0 spiro atoms. The second kappa shape index (κ2) is 7.44. The summed E-state index contributed by atoms with van der Waals surface area (Å²) in [6.07, 6.45) is 0. The molecule has 0 aromatic heterocycles. The maximum absolute atomic E-state index is 5.89. The van der Waals surface area contributed by atoms with Crippen LogP contribution < -0.4 is 9.16 Å². The van der Waals surface area contributed by atoms with Crippen LogP contribution in [0.5, 0.6) is 11.5 Å². The number of hydrogen-bond donors (Lipinski definition) is 0. The van der Waals surface area contributed by atoms with Gasteiger partial charge >= 0.3 is 9.92 Å². The van der Waals surface area contributed by atoms with Crippen LogP contribution in [0.2, 0.25) is 19.6 Å². The van der Waals surface area contributed by atoms with Crippen molar-refractivity contribution in [2.24, 2.45) is 0 Å². The van der Waals surface area contributed by atoms with Crippen LogP contribution in [0.3, 0.4) is 0 Å². The molecule has 0 amide bonds. The monoisotopic (exact) mass is 315 g/mol. The average Bonchev–Trinajstić information content (AvgIpc) is 2.48. The summed E-state index contributed by atoms with van der Waals surface area (Å²) in [4.78, 5) is 0. The summed E-state index contributed by atoms with van der Waals surface area (Å²) >= 11 is 0. The Bertz CT molecular complexity index is 485. The van der Waals surface area contributed by atoms with Crippen molar-refractivity contribution in [3.8, 4) is 11.5 Å². The van der Waals surface area contributed by atoms with E-state index in [9.17, 15) is 0 Å². The minimum absolute atomic E-state index is 0.274. The number of rotatable bonds is 7. The number of nitrogens with zero attached hydrogens (tertiary/aromatic N) is 1. The molecule has 0 aliphatic carbocycles. The van der Waals surface area contributed by atoms with E-state index in [4.69, 9.17) is 9.16 Å². The van der Waals surface area contributed by atoms with Gasteiger partial charge in [-0.2, -0.15) is 0 Å². The Balaban J connectivity index is 1.92. The smallest absolute Gasteiger partial charge is 0.420 e. The molecule has 0 aliphatic rings. The van der Waals surface area contributed by atoms with Gasteiger partial charge in [0.05, 0.1) is 0 Å². The molecule has 0 fully saturated rings. The van der Waals surface area contributed by atoms with Gasteiger partial charge in [-0.25, -0.2) is 0 Å². The topological polar surface area (TPSA) is 21.7 Å². The quantitative estimate of drug-likeness (QED) is 0.573. The van der Waals surface area contributed by atoms with E-state index in [0.717, 1.165) is 11.5 Å². The van der Waals surface area contributed by atoms with Crippen LogP contribution in [-0.4, -0.2) is 29.1 Å². The summed E-state index contributed by atoms with van der Waals surface area (Å²) in [5, 5.41) is 0. The van der Waals surface area contributed by atoms with Gasteiger partial charge in [0, 0.05) is 0 Å². The van der Waals surface area contributed by atoms with Crippen molar-refractivity contribution in [3.63, 3.8) is 0 Å². The van der Waals surface area contributed by atoms with Gasteiger partial charge in [-0.05, 0) is 24.3 Å². The molecule has 21 heavy (non-hydrogen) atoms. The fourth-order valence-electron chi connectivity index (χ4n) is 1.61. The molecule has 2 radical (unpaired) electrons. The Morgan fingerprint density at radius 1 is 0.857 bits per heavy atom. The Morgan fingerprint density at radius 3 is 1.90 bits per heavy atom. The SMILES string of the molecule is C[Si](C)(C)N(COc1ccccc1)[Si]Oc1ccccc1. The Hall–Kier alpha value is -1.57. The van der Waals surface area contributed by atoms with Crippen molar-refractivity contribution in [2.75, 3.05) is 6.73 Å². The van der Waals surface area contributed by atoms with Crippen LogP contribution in [0.4, 0.5) is 0 Å². The zero-order chi connectivity index (χ0) is 15.1. The largest absolute Gasteiger partial charge is 0.527 e. The molecule has 0 saturated carbocycles. The first-order valence-electron chi connectivity index (χ1n) is 6.99. The molecule has 0 unspecified atom stereocenters. The van der Waals surface area contributed by atoms with Gasteiger partial charge in [0.2, 0.25) is 0 Å². The third-order valence-corrected chi connectivity index (χ3v) is 7.64. The van der Waals surface area contributed by atoms with E-state index < -0.39 is 8.24 Å². The first-order valence-corrected chi connectivity index (χ1v) is 11.3. The van der Waals surface area contributed by atoms with Crippen molar-refractivity contribution in [1.82, 2.24) is 4.23 Å². The van der Waals surface area contributed by atoms with Gasteiger partial charge in [0.15, 0.2) is 0 Å². The van der Waals surface area contributed by atoms with Crippen molar-refractivity contribution in [3.05, 3.63) is 60.7 Å². The molecular formula is C16H21NO2Si2. The first-order chi connectivity index (χ1) is 10.1. The summed E-state index contributed by atoms with van der Waals surface area (Å²) in [7, 11) is -1.22. The second-order valence-electron chi connectivity index (χ2n) is 5.69. The number of ether oxygens (including phenoxy) is 1. The lowest BCUT2D eigenvalue weighted by molar-refractivity contribution is 0.243. The van der Waals surface area contributed by atoms with Crippen molar-refractivity contribution in [2.45, 2.75) is 19.6 Å². The molecule has 110 valence electrons. The van der Waals surface area contributed by atoms with Gasteiger partial charge < -0.3 is 9.16 Å². The van der Waals surface area contributed by atoms with E-state index >= 15 is 0 Å². The molecule has 0 aliphatic heterocycles. The average molecular weight is 316 g/mol. The maximum atomic E-state index is 5.89. The predicted molar refractivity (Wildman–Crippen MR) is 89.9 cm³/mol. The van der Waals surface area contributed by atoms with Gasteiger partial charge in [-0.3, -0.25) is 4.23 Å². The van der Waals surface area contributed by atoms with Crippen LogP contribution in [-0.2, 0) is 0 Å². The molecule has 0 heterocycles. The molecule has 0 saturated heterocycles. The van der Waals surface area contributed by atoms with Crippen LogP contribution in [0.1, 0.15) is 0 Å². The van der Waals surface area contributed by atoms with E-state index in [1.165, 1.54) is 0 Å². The highest BCUT2D eigenvalue weighted by molar-refractivity contribution is 6.78. The number of benzene rings is 2. The zero-order valence-corrected chi connectivity index (χ0v) is 14.7. The zero-order valence-electron chi connectivity index (χ0n) is 12.7. The minimum Gasteiger partial charge on any atom is -0.527 e. The summed E-state index contributed by atoms with van der Waals surface area (Å²) in [6.45, 7) is 7.44. The lowest BCUT2D eigenvalue weighted by atomic mass is 10.3. The maximum Gasteiger partial charge on any atom is 0.420 e.